The summed E-state index contributed by atoms with van der Waals surface area (Å²) >= 11 is 5.19. The number of carbonyl (C=O) groups excluding carboxylic acids is 1. The number of thiophene rings is 1. The molecule has 1 rings (SSSR count). The maximum Gasteiger partial charge on any atom is 0.407 e. The van der Waals surface area contributed by atoms with E-state index in [1.807, 2.05) is 32.9 Å². The molecule has 0 fully saturated rings. The van der Waals surface area contributed by atoms with Crippen LogP contribution in [0.4, 0.5) is 4.79 Å². The van der Waals surface area contributed by atoms with Crippen LogP contribution in [0.2, 0.25) is 0 Å². The van der Waals surface area contributed by atoms with Gasteiger partial charge >= 0.3 is 6.09 Å². The predicted octanol–water partition coefficient (Wildman–Crippen LogP) is 4.24. The fourth-order valence-electron chi connectivity index (χ4n) is 1.53. The van der Waals surface area contributed by atoms with Gasteiger partial charge in [-0.05, 0) is 55.8 Å². The van der Waals surface area contributed by atoms with Gasteiger partial charge in [-0.3, -0.25) is 0 Å². The Kier molecular flexibility index (Phi) is 7.42. The van der Waals surface area contributed by atoms with Crippen molar-refractivity contribution in [3.63, 3.8) is 0 Å². The van der Waals surface area contributed by atoms with Crippen molar-refractivity contribution in [2.24, 2.45) is 0 Å². The number of amides is 1. The molecule has 6 heteroatoms. The quantitative estimate of drug-likeness (QED) is 0.732. The van der Waals surface area contributed by atoms with Crippen molar-refractivity contribution in [2.45, 2.75) is 39.3 Å². The molecule has 0 spiro atoms. The van der Waals surface area contributed by atoms with E-state index in [2.05, 4.69) is 45.6 Å². The molecule has 0 bridgehead atoms. The van der Waals surface area contributed by atoms with Gasteiger partial charge in [0.05, 0.1) is 3.79 Å². The van der Waals surface area contributed by atoms with Crippen LogP contribution >= 0.6 is 27.3 Å². The normalized spacial score (nSPS) is 13.4. The fourth-order valence-corrected chi connectivity index (χ4v) is 2.98. The first-order valence-electron chi connectivity index (χ1n) is 6.88. The van der Waals surface area contributed by atoms with E-state index in [9.17, 15) is 4.79 Å². The summed E-state index contributed by atoms with van der Waals surface area (Å²) in [5.41, 5.74) is -0.459. The molecule has 1 aromatic heterocycles. The van der Waals surface area contributed by atoms with Gasteiger partial charge in [0.25, 0.3) is 0 Å². The second kappa shape index (κ2) is 8.56. The van der Waals surface area contributed by atoms with Crippen LogP contribution < -0.4 is 10.6 Å². The third kappa shape index (κ3) is 8.24. The van der Waals surface area contributed by atoms with Gasteiger partial charge in [-0.15, -0.1) is 11.3 Å². The van der Waals surface area contributed by atoms with E-state index in [0.717, 1.165) is 10.3 Å². The Bertz CT molecular complexity index is 480. The number of nitrogens with one attached hydrogen (secondary N) is 2. The van der Waals surface area contributed by atoms with Crippen molar-refractivity contribution in [3.8, 4) is 0 Å². The first-order valence-corrected chi connectivity index (χ1v) is 8.49. The van der Waals surface area contributed by atoms with Gasteiger partial charge in [0.1, 0.15) is 5.60 Å². The van der Waals surface area contributed by atoms with Gasteiger partial charge in [-0.2, -0.15) is 0 Å². The first kappa shape index (κ1) is 18.2. The molecule has 1 aromatic rings. The number of hydrogen-bond donors (Lipinski definition) is 2. The topological polar surface area (TPSA) is 50.4 Å². The Hall–Kier alpha value is -0.850. The maximum atomic E-state index is 11.4. The van der Waals surface area contributed by atoms with Crippen molar-refractivity contribution in [2.75, 3.05) is 13.1 Å². The minimum atomic E-state index is -0.459. The molecular formula is C15H23BrN2O2S. The number of rotatable bonds is 6. The summed E-state index contributed by atoms with van der Waals surface area (Å²) in [5.74, 6) is 0. The van der Waals surface area contributed by atoms with Crippen LogP contribution in [0.3, 0.4) is 0 Å². The van der Waals surface area contributed by atoms with Gasteiger partial charge in [0, 0.05) is 24.0 Å². The third-order valence-electron chi connectivity index (χ3n) is 2.49. The SMILES string of the molecule is CC(NC/C=C/CNC(=O)OC(C)(C)C)c1ccc(Br)s1. The highest BCUT2D eigenvalue weighted by Gasteiger charge is 2.14. The number of halogens is 1. The van der Waals surface area contributed by atoms with E-state index in [4.69, 9.17) is 4.74 Å². The highest BCUT2D eigenvalue weighted by molar-refractivity contribution is 9.11. The number of alkyl carbamates (subject to hydrolysis) is 1. The zero-order chi connectivity index (χ0) is 15.9. The Morgan fingerprint density at radius 2 is 2.05 bits per heavy atom. The molecule has 1 amide bonds. The van der Waals surface area contributed by atoms with Crippen molar-refractivity contribution < 1.29 is 9.53 Å². The Morgan fingerprint density at radius 1 is 1.38 bits per heavy atom. The fraction of sp³-hybridized carbons (Fsp3) is 0.533. The van der Waals surface area contributed by atoms with E-state index in [-0.39, 0.29) is 0 Å². The number of hydrogen-bond acceptors (Lipinski definition) is 4. The van der Waals surface area contributed by atoms with Gasteiger partial charge < -0.3 is 15.4 Å². The summed E-state index contributed by atoms with van der Waals surface area (Å²) in [6, 6.07) is 4.48. The molecule has 4 nitrogen and oxygen atoms in total. The standard InChI is InChI=1S/C15H23BrN2O2S/c1-11(12-7-8-13(16)21-12)17-9-5-6-10-18-14(19)20-15(2,3)4/h5-8,11,17H,9-10H2,1-4H3,(H,18,19)/b6-5+. The molecule has 2 N–H and O–H groups in total. The molecule has 0 aliphatic carbocycles. The molecule has 0 saturated heterocycles. The van der Waals surface area contributed by atoms with Crippen molar-refractivity contribution in [3.05, 3.63) is 32.9 Å². The van der Waals surface area contributed by atoms with Crippen LogP contribution in [0, 0.1) is 0 Å². The summed E-state index contributed by atoms with van der Waals surface area (Å²) < 4.78 is 6.28. The van der Waals surface area contributed by atoms with Gasteiger partial charge in [0.15, 0.2) is 0 Å². The average Bonchev–Trinajstić information content (AvgIpc) is 2.78. The largest absolute Gasteiger partial charge is 0.444 e. The molecule has 118 valence electrons. The van der Waals surface area contributed by atoms with E-state index >= 15 is 0 Å². The maximum absolute atomic E-state index is 11.4. The number of carbonyl (C=O) groups is 1. The summed E-state index contributed by atoms with van der Waals surface area (Å²) in [6.45, 7) is 8.89. The van der Waals surface area contributed by atoms with Gasteiger partial charge in [0.2, 0.25) is 0 Å². The molecule has 0 radical (unpaired) electrons. The molecular weight excluding hydrogens is 352 g/mol. The lowest BCUT2D eigenvalue weighted by atomic mass is 10.2. The lowest BCUT2D eigenvalue weighted by molar-refractivity contribution is 0.0534. The molecule has 1 atom stereocenters. The summed E-state index contributed by atoms with van der Waals surface area (Å²) in [7, 11) is 0. The van der Waals surface area contributed by atoms with Crippen LogP contribution in [-0.2, 0) is 4.74 Å². The minimum Gasteiger partial charge on any atom is -0.444 e. The van der Waals surface area contributed by atoms with E-state index in [0.29, 0.717) is 12.6 Å². The van der Waals surface area contributed by atoms with E-state index in [1.54, 1.807) is 11.3 Å². The summed E-state index contributed by atoms with van der Waals surface area (Å²) in [5, 5.41) is 6.08. The van der Waals surface area contributed by atoms with Crippen LogP contribution in [0.1, 0.15) is 38.6 Å². The summed E-state index contributed by atoms with van der Waals surface area (Å²) in [6.07, 6.45) is 3.52. The Labute approximate surface area is 139 Å². The zero-order valence-corrected chi connectivity index (χ0v) is 15.3. The highest BCUT2D eigenvalue weighted by atomic mass is 79.9. The Balaban J connectivity index is 2.16. The molecule has 1 unspecified atom stereocenters. The minimum absolute atomic E-state index is 0.310. The monoisotopic (exact) mass is 374 g/mol. The smallest absolute Gasteiger partial charge is 0.407 e. The van der Waals surface area contributed by atoms with E-state index < -0.39 is 11.7 Å². The second-order valence-corrected chi connectivity index (χ2v) is 8.12. The molecule has 0 aliphatic rings. The molecule has 0 saturated carbocycles. The highest BCUT2D eigenvalue weighted by Crippen LogP contribution is 2.26. The average molecular weight is 375 g/mol. The van der Waals surface area contributed by atoms with Crippen LogP contribution in [0.15, 0.2) is 28.1 Å². The lowest BCUT2D eigenvalue weighted by Crippen LogP contribution is -2.32. The molecule has 1 heterocycles. The van der Waals surface area contributed by atoms with Crippen molar-refractivity contribution in [1.29, 1.82) is 0 Å². The van der Waals surface area contributed by atoms with Crippen molar-refractivity contribution in [1.82, 2.24) is 10.6 Å². The first-order chi connectivity index (χ1) is 9.78. The van der Waals surface area contributed by atoms with Gasteiger partial charge in [-0.25, -0.2) is 4.79 Å². The molecule has 0 aromatic carbocycles. The number of ether oxygens (including phenoxy) is 1. The van der Waals surface area contributed by atoms with E-state index in [1.165, 1.54) is 4.88 Å². The molecule has 0 aliphatic heterocycles. The lowest BCUT2D eigenvalue weighted by Gasteiger charge is -2.19. The summed E-state index contributed by atoms with van der Waals surface area (Å²) in [4.78, 5) is 12.7. The Morgan fingerprint density at radius 3 is 2.62 bits per heavy atom. The van der Waals surface area contributed by atoms with Crippen molar-refractivity contribution >= 4 is 33.4 Å². The van der Waals surface area contributed by atoms with Crippen LogP contribution in [0.5, 0.6) is 0 Å². The zero-order valence-electron chi connectivity index (χ0n) is 12.9. The molecule has 21 heavy (non-hydrogen) atoms. The third-order valence-corrected chi connectivity index (χ3v) is 4.30. The predicted molar refractivity (Wildman–Crippen MR) is 91.8 cm³/mol. The van der Waals surface area contributed by atoms with Gasteiger partial charge in [-0.1, -0.05) is 12.2 Å². The van der Waals surface area contributed by atoms with Crippen LogP contribution in [0.25, 0.3) is 0 Å². The van der Waals surface area contributed by atoms with Crippen LogP contribution in [-0.4, -0.2) is 24.8 Å². The second-order valence-electron chi connectivity index (χ2n) is 5.63.